The fourth-order valence-corrected chi connectivity index (χ4v) is 4.87. The Kier molecular flexibility index (Phi) is 6.05. The third-order valence-electron chi connectivity index (χ3n) is 7.20. The van der Waals surface area contributed by atoms with Gasteiger partial charge in [0.15, 0.2) is 5.78 Å². The molecule has 1 aliphatic rings. The number of hydrogen-bond donors (Lipinski definition) is 1. The van der Waals surface area contributed by atoms with Crippen LogP contribution in [0.2, 0.25) is 0 Å². The summed E-state index contributed by atoms with van der Waals surface area (Å²) in [7, 11) is 0. The maximum absolute atomic E-state index is 12.8. The quantitative estimate of drug-likeness (QED) is 0.327. The number of fused-ring (bicyclic) bond motifs is 1. The van der Waals surface area contributed by atoms with E-state index in [0.29, 0.717) is 12.0 Å². The Bertz CT molecular complexity index is 1210. The van der Waals surface area contributed by atoms with Crippen LogP contribution < -0.4 is 0 Å². The first kappa shape index (κ1) is 23.0. The highest BCUT2D eigenvalue weighted by atomic mass is 16.3. The van der Waals surface area contributed by atoms with Crippen molar-refractivity contribution in [2.45, 2.75) is 64.7 Å². The van der Waals surface area contributed by atoms with Gasteiger partial charge in [-0.15, -0.1) is 0 Å². The molecule has 170 valence electrons. The van der Waals surface area contributed by atoms with E-state index in [-0.39, 0.29) is 22.4 Å². The standard InChI is InChI=1S/C31H34O2/c1-21(24-11-14-27-28(20-24)31(4,5)16-15-30(27,2)3)17-23-7-6-8-25(18-23)29(33)19-22-9-12-26(32)13-10-22/h6-14,17-18,20,32H,15-16,19H2,1-5H3/b21-17+. The summed E-state index contributed by atoms with van der Waals surface area (Å²) in [5.74, 6) is 0.286. The van der Waals surface area contributed by atoms with E-state index in [1.165, 1.54) is 35.1 Å². The lowest BCUT2D eigenvalue weighted by molar-refractivity contribution is 0.0993. The SMILES string of the molecule is C/C(=C\c1cccc(C(=O)Cc2ccc(O)cc2)c1)c1ccc2c(c1)C(C)(C)CCC2(C)C. The van der Waals surface area contributed by atoms with E-state index in [4.69, 9.17) is 0 Å². The largest absolute Gasteiger partial charge is 0.508 e. The van der Waals surface area contributed by atoms with Crippen LogP contribution in [0.15, 0.2) is 66.7 Å². The van der Waals surface area contributed by atoms with Crippen LogP contribution in [0.3, 0.4) is 0 Å². The van der Waals surface area contributed by atoms with E-state index in [1.807, 2.05) is 24.3 Å². The van der Waals surface area contributed by atoms with E-state index in [2.05, 4.69) is 58.9 Å². The van der Waals surface area contributed by atoms with Gasteiger partial charge in [0.1, 0.15) is 5.75 Å². The number of hydrogen-bond acceptors (Lipinski definition) is 2. The molecule has 3 aromatic carbocycles. The number of benzene rings is 3. The van der Waals surface area contributed by atoms with Gasteiger partial charge < -0.3 is 5.11 Å². The van der Waals surface area contributed by atoms with Crippen molar-refractivity contribution in [2.75, 3.05) is 0 Å². The summed E-state index contributed by atoms with van der Waals surface area (Å²) >= 11 is 0. The minimum Gasteiger partial charge on any atom is -0.508 e. The van der Waals surface area contributed by atoms with Crippen LogP contribution in [0.5, 0.6) is 5.75 Å². The van der Waals surface area contributed by atoms with E-state index in [0.717, 1.165) is 11.1 Å². The van der Waals surface area contributed by atoms with Gasteiger partial charge in [-0.25, -0.2) is 0 Å². The van der Waals surface area contributed by atoms with Crippen molar-refractivity contribution >= 4 is 17.4 Å². The highest BCUT2D eigenvalue weighted by Crippen LogP contribution is 2.46. The molecular formula is C31H34O2. The molecule has 0 spiro atoms. The molecule has 0 aromatic heterocycles. The van der Waals surface area contributed by atoms with Gasteiger partial charge in [0.05, 0.1) is 0 Å². The number of carbonyl (C=O) groups excluding carboxylic acids is 1. The van der Waals surface area contributed by atoms with Crippen LogP contribution in [0, 0.1) is 0 Å². The van der Waals surface area contributed by atoms with Crippen LogP contribution in [0.25, 0.3) is 11.6 Å². The number of ketones is 1. The molecule has 0 fully saturated rings. The van der Waals surface area contributed by atoms with Crippen LogP contribution in [0.4, 0.5) is 0 Å². The molecule has 0 saturated carbocycles. The van der Waals surface area contributed by atoms with E-state index in [1.54, 1.807) is 24.3 Å². The van der Waals surface area contributed by atoms with Gasteiger partial charge >= 0.3 is 0 Å². The molecule has 1 N–H and O–H groups in total. The van der Waals surface area contributed by atoms with Crippen molar-refractivity contribution in [3.05, 3.63) is 100 Å². The molecule has 3 aromatic rings. The van der Waals surface area contributed by atoms with E-state index < -0.39 is 0 Å². The molecule has 0 radical (unpaired) electrons. The molecule has 4 rings (SSSR count). The second-order valence-electron chi connectivity index (χ2n) is 10.7. The van der Waals surface area contributed by atoms with Gasteiger partial charge in [0.25, 0.3) is 0 Å². The van der Waals surface area contributed by atoms with Crippen molar-refractivity contribution in [1.29, 1.82) is 0 Å². The zero-order chi connectivity index (χ0) is 23.8. The van der Waals surface area contributed by atoms with Gasteiger partial charge in [-0.3, -0.25) is 4.79 Å². The average Bonchev–Trinajstić information content (AvgIpc) is 2.78. The molecule has 0 unspecified atom stereocenters. The van der Waals surface area contributed by atoms with Gasteiger partial charge in [0, 0.05) is 12.0 Å². The first-order valence-corrected chi connectivity index (χ1v) is 11.8. The second-order valence-corrected chi connectivity index (χ2v) is 10.7. The fraction of sp³-hybridized carbons (Fsp3) is 0.323. The number of carbonyl (C=O) groups is 1. The molecule has 33 heavy (non-hydrogen) atoms. The number of rotatable bonds is 5. The lowest BCUT2D eigenvalue weighted by Gasteiger charge is -2.42. The molecule has 0 aliphatic heterocycles. The molecule has 0 heterocycles. The third kappa shape index (κ3) is 4.95. The first-order valence-electron chi connectivity index (χ1n) is 11.8. The fourth-order valence-electron chi connectivity index (χ4n) is 4.87. The summed E-state index contributed by atoms with van der Waals surface area (Å²) in [5.41, 5.74) is 8.39. The van der Waals surface area contributed by atoms with Crippen molar-refractivity contribution in [3.8, 4) is 5.75 Å². The maximum atomic E-state index is 12.8. The van der Waals surface area contributed by atoms with Crippen LogP contribution in [-0.4, -0.2) is 10.9 Å². The molecule has 1 aliphatic carbocycles. The maximum Gasteiger partial charge on any atom is 0.167 e. The minimum atomic E-state index is 0.0753. The molecule has 0 saturated heterocycles. The van der Waals surface area contributed by atoms with E-state index in [9.17, 15) is 9.90 Å². The summed E-state index contributed by atoms with van der Waals surface area (Å²) in [6.45, 7) is 11.6. The number of Topliss-reactive ketones (excluding diaryl/α,β-unsaturated/α-hetero) is 1. The molecule has 2 heteroatoms. The summed E-state index contributed by atoms with van der Waals surface area (Å²) in [6, 6.07) is 21.6. The topological polar surface area (TPSA) is 37.3 Å². The van der Waals surface area contributed by atoms with Gasteiger partial charge in [-0.05, 0) is 82.2 Å². The Hall–Kier alpha value is -3.13. The lowest BCUT2D eigenvalue weighted by atomic mass is 9.63. The molecule has 0 amide bonds. The van der Waals surface area contributed by atoms with Crippen LogP contribution in [-0.2, 0) is 17.3 Å². The molecular weight excluding hydrogens is 404 g/mol. The van der Waals surface area contributed by atoms with Crippen molar-refractivity contribution in [2.24, 2.45) is 0 Å². The Labute approximate surface area is 198 Å². The van der Waals surface area contributed by atoms with Crippen molar-refractivity contribution in [1.82, 2.24) is 0 Å². The Morgan fingerprint density at radius 3 is 2.21 bits per heavy atom. The first-order chi connectivity index (χ1) is 15.5. The molecule has 0 atom stereocenters. The van der Waals surface area contributed by atoms with Crippen molar-refractivity contribution in [3.63, 3.8) is 0 Å². The van der Waals surface area contributed by atoms with Crippen LogP contribution in [0.1, 0.15) is 85.6 Å². The third-order valence-corrected chi connectivity index (χ3v) is 7.20. The number of phenolic OH excluding ortho intramolecular Hbond substituents is 1. The summed E-state index contributed by atoms with van der Waals surface area (Å²) in [6.07, 6.45) is 4.90. The highest BCUT2D eigenvalue weighted by Gasteiger charge is 2.36. The Morgan fingerprint density at radius 1 is 0.848 bits per heavy atom. The molecule has 2 nitrogen and oxygen atoms in total. The van der Waals surface area contributed by atoms with Crippen LogP contribution >= 0.6 is 0 Å². The number of allylic oxidation sites excluding steroid dienone is 1. The highest BCUT2D eigenvalue weighted by molar-refractivity contribution is 5.98. The minimum absolute atomic E-state index is 0.0753. The zero-order valence-corrected chi connectivity index (χ0v) is 20.4. The number of phenols is 1. The summed E-state index contributed by atoms with van der Waals surface area (Å²) < 4.78 is 0. The van der Waals surface area contributed by atoms with Gasteiger partial charge in [-0.1, -0.05) is 82.3 Å². The van der Waals surface area contributed by atoms with Gasteiger partial charge in [-0.2, -0.15) is 0 Å². The monoisotopic (exact) mass is 438 g/mol. The zero-order valence-electron chi connectivity index (χ0n) is 20.4. The normalized spacial score (nSPS) is 16.8. The smallest absolute Gasteiger partial charge is 0.167 e. The summed E-state index contributed by atoms with van der Waals surface area (Å²) in [4.78, 5) is 12.8. The Morgan fingerprint density at radius 2 is 1.52 bits per heavy atom. The predicted octanol–water partition coefficient (Wildman–Crippen LogP) is 7.73. The van der Waals surface area contributed by atoms with Crippen molar-refractivity contribution < 1.29 is 9.90 Å². The predicted molar refractivity (Wildman–Crippen MR) is 138 cm³/mol. The Balaban J connectivity index is 1.60. The molecule has 0 bridgehead atoms. The van der Waals surface area contributed by atoms with E-state index >= 15 is 0 Å². The lowest BCUT2D eigenvalue weighted by Crippen LogP contribution is -2.33. The average molecular weight is 439 g/mol. The summed E-state index contributed by atoms with van der Waals surface area (Å²) in [5, 5.41) is 9.45. The number of aromatic hydroxyl groups is 1. The second kappa shape index (κ2) is 8.67. The van der Waals surface area contributed by atoms with Gasteiger partial charge in [0.2, 0.25) is 0 Å².